The average molecular weight is 463 g/mol. The molecule has 0 bridgehead atoms. The Kier molecular flexibility index (Phi) is 7.08. The standard InChI is InChI=1S/C32H30O3/c1-23-11-13-24(14-12-23)31-27-7-3-5-9-29(27)32(30-10-6-4-8-28(30)31)25-15-17-26(18-16-25)35-22-21-34-20-19-33-2/h3-18H,19-22H2,1-2H3. The molecular weight excluding hydrogens is 432 g/mol. The van der Waals surface area contributed by atoms with Crippen LogP contribution in [0.25, 0.3) is 43.8 Å². The number of hydrogen-bond donors (Lipinski definition) is 0. The molecule has 0 unspecified atom stereocenters. The average Bonchev–Trinajstić information content (AvgIpc) is 2.90. The Morgan fingerprint density at radius 2 is 0.971 bits per heavy atom. The Morgan fingerprint density at radius 3 is 1.46 bits per heavy atom. The van der Waals surface area contributed by atoms with E-state index in [1.165, 1.54) is 49.4 Å². The van der Waals surface area contributed by atoms with Crippen LogP contribution in [0, 0.1) is 6.92 Å². The maximum atomic E-state index is 5.87. The van der Waals surface area contributed by atoms with Gasteiger partial charge in [0.1, 0.15) is 12.4 Å². The second-order valence-corrected chi connectivity index (χ2v) is 8.69. The van der Waals surface area contributed by atoms with Crippen LogP contribution in [0.15, 0.2) is 97.1 Å². The quantitative estimate of drug-likeness (QED) is 0.166. The Labute approximate surface area is 206 Å². The number of aryl methyl sites for hydroxylation is 1. The van der Waals surface area contributed by atoms with Crippen LogP contribution in [-0.2, 0) is 9.47 Å². The van der Waals surface area contributed by atoms with Gasteiger partial charge in [0.25, 0.3) is 0 Å². The molecule has 0 atom stereocenters. The predicted molar refractivity (Wildman–Crippen MR) is 145 cm³/mol. The lowest BCUT2D eigenvalue weighted by atomic mass is 9.86. The van der Waals surface area contributed by atoms with Crippen molar-refractivity contribution in [2.24, 2.45) is 0 Å². The lowest BCUT2D eigenvalue weighted by Crippen LogP contribution is -2.09. The van der Waals surface area contributed by atoms with Gasteiger partial charge in [-0.1, -0.05) is 90.5 Å². The van der Waals surface area contributed by atoms with E-state index >= 15 is 0 Å². The molecule has 0 aromatic heterocycles. The third-order valence-corrected chi connectivity index (χ3v) is 6.34. The lowest BCUT2D eigenvalue weighted by molar-refractivity contribution is 0.0544. The molecule has 0 fully saturated rings. The van der Waals surface area contributed by atoms with Crippen LogP contribution in [0.4, 0.5) is 0 Å². The van der Waals surface area contributed by atoms with Crippen LogP contribution in [0.5, 0.6) is 5.75 Å². The van der Waals surface area contributed by atoms with Gasteiger partial charge in [-0.05, 0) is 62.9 Å². The first-order valence-corrected chi connectivity index (χ1v) is 12.1. The highest BCUT2D eigenvalue weighted by Gasteiger charge is 2.16. The number of rotatable bonds is 9. The molecule has 5 rings (SSSR count). The Morgan fingerprint density at radius 1 is 0.514 bits per heavy atom. The highest BCUT2D eigenvalue weighted by atomic mass is 16.5. The van der Waals surface area contributed by atoms with Crippen molar-refractivity contribution < 1.29 is 14.2 Å². The molecule has 0 N–H and O–H groups in total. The van der Waals surface area contributed by atoms with Crippen LogP contribution in [0.1, 0.15) is 5.56 Å². The maximum Gasteiger partial charge on any atom is 0.119 e. The molecule has 0 spiro atoms. The van der Waals surface area contributed by atoms with Crippen molar-refractivity contribution in [2.45, 2.75) is 6.92 Å². The van der Waals surface area contributed by atoms with Crippen molar-refractivity contribution >= 4 is 21.5 Å². The summed E-state index contributed by atoms with van der Waals surface area (Å²) in [5.74, 6) is 0.842. The predicted octanol–water partition coefficient (Wildman–Crippen LogP) is 7.68. The summed E-state index contributed by atoms with van der Waals surface area (Å²) in [6.45, 7) is 4.36. The van der Waals surface area contributed by atoms with Crippen LogP contribution in [0.2, 0.25) is 0 Å². The lowest BCUT2D eigenvalue weighted by Gasteiger charge is -2.18. The Hall–Kier alpha value is -3.66. The van der Waals surface area contributed by atoms with Crippen molar-refractivity contribution in [3.63, 3.8) is 0 Å². The van der Waals surface area contributed by atoms with E-state index in [0.717, 1.165) is 5.75 Å². The van der Waals surface area contributed by atoms with Crippen LogP contribution in [-0.4, -0.2) is 33.5 Å². The molecule has 0 aliphatic heterocycles. The van der Waals surface area contributed by atoms with E-state index in [9.17, 15) is 0 Å². The molecule has 3 heteroatoms. The number of ether oxygens (including phenoxy) is 3. The smallest absolute Gasteiger partial charge is 0.119 e. The van der Waals surface area contributed by atoms with Crippen LogP contribution < -0.4 is 4.74 Å². The van der Waals surface area contributed by atoms with Crippen molar-refractivity contribution in [1.82, 2.24) is 0 Å². The fourth-order valence-electron chi connectivity index (χ4n) is 4.65. The normalized spacial score (nSPS) is 11.3. The van der Waals surface area contributed by atoms with Gasteiger partial charge in [0.15, 0.2) is 0 Å². The topological polar surface area (TPSA) is 27.7 Å². The summed E-state index contributed by atoms with van der Waals surface area (Å²) in [6.07, 6.45) is 0. The molecule has 0 radical (unpaired) electrons. The minimum absolute atomic E-state index is 0.514. The van der Waals surface area contributed by atoms with Gasteiger partial charge in [0, 0.05) is 7.11 Å². The van der Waals surface area contributed by atoms with Gasteiger partial charge < -0.3 is 14.2 Å². The maximum absolute atomic E-state index is 5.87. The highest BCUT2D eigenvalue weighted by Crippen LogP contribution is 2.43. The van der Waals surface area contributed by atoms with Crippen molar-refractivity contribution in [2.75, 3.05) is 33.5 Å². The first-order chi connectivity index (χ1) is 17.3. The SMILES string of the molecule is COCCOCCOc1ccc(-c2c3ccccc3c(-c3ccc(C)cc3)c3ccccc23)cc1. The molecule has 5 aromatic rings. The summed E-state index contributed by atoms with van der Waals surface area (Å²) in [5, 5.41) is 5.03. The molecule has 35 heavy (non-hydrogen) atoms. The molecule has 3 nitrogen and oxygen atoms in total. The zero-order valence-electron chi connectivity index (χ0n) is 20.3. The summed E-state index contributed by atoms with van der Waals surface area (Å²) in [7, 11) is 1.67. The number of methoxy groups -OCH3 is 1. The van der Waals surface area contributed by atoms with Gasteiger partial charge >= 0.3 is 0 Å². The van der Waals surface area contributed by atoms with E-state index in [4.69, 9.17) is 14.2 Å². The molecular formula is C32H30O3. The van der Waals surface area contributed by atoms with Gasteiger partial charge in [-0.25, -0.2) is 0 Å². The minimum atomic E-state index is 0.514. The fraction of sp³-hybridized carbons (Fsp3) is 0.188. The highest BCUT2D eigenvalue weighted by molar-refractivity contribution is 6.21. The van der Waals surface area contributed by atoms with Crippen molar-refractivity contribution in [3.8, 4) is 28.0 Å². The van der Waals surface area contributed by atoms with E-state index in [1.807, 2.05) is 12.1 Å². The van der Waals surface area contributed by atoms with Crippen molar-refractivity contribution in [3.05, 3.63) is 103 Å². The number of fused-ring (bicyclic) bond motifs is 2. The molecule has 0 aliphatic carbocycles. The third kappa shape index (κ3) is 4.93. The fourth-order valence-corrected chi connectivity index (χ4v) is 4.65. The van der Waals surface area contributed by atoms with Crippen LogP contribution in [0.3, 0.4) is 0 Å². The van der Waals surface area contributed by atoms with E-state index < -0.39 is 0 Å². The van der Waals surface area contributed by atoms with E-state index in [-0.39, 0.29) is 0 Å². The molecule has 0 saturated carbocycles. The van der Waals surface area contributed by atoms with E-state index in [1.54, 1.807) is 7.11 Å². The summed E-state index contributed by atoms with van der Waals surface area (Å²) in [4.78, 5) is 0. The van der Waals surface area contributed by atoms with E-state index in [2.05, 4.69) is 91.9 Å². The summed E-state index contributed by atoms with van der Waals surface area (Å²) < 4.78 is 16.4. The van der Waals surface area contributed by atoms with Crippen LogP contribution >= 0.6 is 0 Å². The molecule has 0 aliphatic rings. The number of benzene rings is 5. The van der Waals surface area contributed by atoms with Gasteiger partial charge in [0.2, 0.25) is 0 Å². The van der Waals surface area contributed by atoms with Gasteiger partial charge in [-0.15, -0.1) is 0 Å². The van der Waals surface area contributed by atoms with Gasteiger partial charge in [-0.2, -0.15) is 0 Å². The molecule has 0 amide bonds. The molecule has 176 valence electrons. The first-order valence-electron chi connectivity index (χ1n) is 12.1. The largest absolute Gasteiger partial charge is 0.491 e. The molecule has 5 aromatic carbocycles. The number of hydrogen-bond acceptors (Lipinski definition) is 3. The summed E-state index contributed by atoms with van der Waals surface area (Å²) >= 11 is 0. The second kappa shape index (κ2) is 10.7. The molecule has 0 saturated heterocycles. The van der Waals surface area contributed by atoms with Crippen molar-refractivity contribution in [1.29, 1.82) is 0 Å². The second-order valence-electron chi connectivity index (χ2n) is 8.69. The zero-order chi connectivity index (χ0) is 24.0. The Balaban J connectivity index is 1.55. The minimum Gasteiger partial charge on any atom is -0.491 e. The van der Waals surface area contributed by atoms with E-state index in [0.29, 0.717) is 26.4 Å². The zero-order valence-corrected chi connectivity index (χ0v) is 20.3. The van der Waals surface area contributed by atoms with Gasteiger partial charge in [-0.3, -0.25) is 0 Å². The summed E-state index contributed by atoms with van der Waals surface area (Å²) in [6, 6.07) is 34.7. The summed E-state index contributed by atoms with van der Waals surface area (Å²) in [5.41, 5.74) is 6.22. The first kappa shape index (κ1) is 23.1. The Bertz CT molecular complexity index is 1360. The monoisotopic (exact) mass is 462 g/mol. The molecule has 0 heterocycles. The third-order valence-electron chi connectivity index (χ3n) is 6.34. The van der Waals surface area contributed by atoms with Gasteiger partial charge in [0.05, 0.1) is 19.8 Å².